The van der Waals surface area contributed by atoms with E-state index in [2.05, 4.69) is 25.7 Å². The van der Waals surface area contributed by atoms with Crippen molar-refractivity contribution in [3.63, 3.8) is 0 Å². The maximum Gasteiger partial charge on any atom is 0.323 e. The fraction of sp³-hybridized carbons (Fsp3) is 0.0909. The first-order chi connectivity index (χ1) is 15.4. The van der Waals surface area contributed by atoms with Crippen LogP contribution in [-0.4, -0.2) is 25.8 Å². The molecule has 0 bridgehead atoms. The number of amides is 2. The number of hydrogen-bond acceptors (Lipinski definition) is 5. The molecule has 0 aliphatic heterocycles. The van der Waals surface area contributed by atoms with Crippen molar-refractivity contribution in [2.75, 3.05) is 16.4 Å². The Bertz CT molecular complexity index is 1270. The molecule has 4 rings (SSSR count). The number of nitrogen functional groups attached to an aromatic ring is 1. The normalized spacial score (nSPS) is 10.7. The van der Waals surface area contributed by atoms with Gasteiger partial charge in [0.2, 0.25) is 5.95 Å². The van der Waals surface area contributed by atoms with Gasteiger partial charge in [0.05, 0.1) is 11.4 Å². The quantitative estimate of drug-likeness (QED) is 0.427. The highest BCUT2D eigenvalue weighted by Gasteiger charge is 2.17. The number of nitrogens with one attached hydrogen (secondary N) is 2. The Morgan fingerprint density at radius 1 is 1.09 bits per heavy atom. The van der Waals surface area contributed by atoms with Crippen molar-refractivity contribution in [3.05, 3.63) is 72.6 Å². The maximum atomic E-state index is 14.4. The Morgan fingerprint density at radius 2 is 1.88 bits per heavy atom. The number of hydrogen-bond donors (Lipinski definition) is 3. The summed E-state index contributed by atoms with van der Waals surface area (Å²) in [6.07, 6.45) is 3.34. The summed E-state index contributed by atoms with van der Waals surface area (Å²) in [7, 11) is 0. The van der Waals surface area contributed by atoms with Crippen LogP contribution in [0.1, 0.15) is 6.92 Å². The second kappa shape index (κ2) is 8.80. The zero-order chi connectivity index (χ0) is 22.7. The highest BCUT2D eigenvalue weighted by molar-refractivity contribution is 6.00. The van der Waals surface area contributed by atoms with E-state index < -0.39 is 17.7 Å². The van der Waals surface area contributed by atoms with Crippen LogP contribution in [0.4, 0.5) is 30.9 Å². The highest BCUT2D eigenvalue weighted by Crippen LogP contribution is 2.32. The third-order valence-corrected chi connectivity index (χ3v) is 4.63. The topological polar surface area (TPSA) is 111 Å². The Morgan fingerprint density at radius 3 is 2.59 bits per heavy atom. The van der Waals surface area contributed by atoms with Crippen molar-refractivity contribution in [2.45, 2.75) is 13.5 Å². The number of anilines is 3. The minimum atomic E-state index is -0.666. The molecule has 0 aliphatic carbocycles. The van der Waals surface area contributed by atoms with E-state index in [-0.39, 0.29) is 11.6 Å². The van der Waals surface area contributed by atoms with Crippen molar-refractivity contribution in [2.24, 2.45) is 0 Å². The Balaban J connectivity index is 1.65. The molecule has 0 atom stereocenters. The van der Waals surface area contributed by atoms with Gasteiger partial charge in [-0.15, -0.1) is 0 Å². The fourth-order valence-corrected chi connectivity index (χ4v) is 3.10. The number of halogens is 2. The molecule has 0 aliphatic rings. The molecule has 2 amide bonds. The van der Waals surface area contributed by atoms with Gasteiger partial charge in [0.15, 0.2) is 0 Å². The first kappa shape index (κ1) is 20.9. The average Bonchev–Trinajstić information content (AvgIpc) is 3.21. The summed E-state index contributed by atoms with van der Waals surface area (Å²) in [6, 6.07) is 10.6. The number of aryl methyl sites for hydroxylation is 1. The molecule has 0 spiro atoms. The van der Waals surface area contributed by atoms with Gasteiger partial charge in [0, 0.05) is 30.2 Å². The number of urea groups is 1. The van der Waals surface area contributed by atoms with Crippen molar-refractivity contribution in [3.8, 4) is 22.5 Å². The van der Waals surface area contributed by atoms with E-state index in [4.69, 9.17) is 5.73 Å². The van der Waals surface area contributed by atoms with Gasteiger partial charge >= 0.3 is 6.03 Å². The van der Waals surface area contributed by atoms with Crippen LogP contribution in [-0.2, 0) is 6.54 Å². The minimum absolute atomic E-state index is 0.0282. The Labute approximate surface area is 182 Å². The number of rotatable bonds is 5. The number of nitrogens with zero attached hydrogens (tertiary/aromatic N) is 4. The van der Waals surface area contributed by atoms with Crippen LogP contribution < -0.4 is 16.4 Å². The van der Waals surface area contributed by atoms with E-state index in [1.165, 1.54) is 42.6 Å². The molecule has 10 heteroatoms. The minimum Gasteiger partial charge on any atom is -0.368 e. The van der Waals surface area contributed by atoms with Crippen LogP contribution in [0.5, 0.6) is 0 Å². The van der Waals surface area contributed by atoms with Gasteiger partial charge in [-0.1, -0.05) is 6.07 Å². The molecule has 2 aromatic carbocycles. The van der Waals surface area contributed by atoms with Crippen molar-refractivity contribution < 1.29 is 13.6 Å². The lowest BCUT2D eigenvalue weighted by Gasteiger charge is -2.10. The molecule has 0 fully saturated rings. The molecule has 4 aromatic rings. The predicted molar refractivity (Wildman–Crippen MR) is 118 cm³/mol. The first-order valence-electron chi connectivity index (χ1n) is 9.73. The van der Waals surface area contributed by atoms with Crippen LogP contribution in [0.15, 0.2) is 60.9 Å². The number of carbonyl (C=O) groups is 1. The molecule has 0 saturated carbocycles. The van der Waals surface area contributed by atoms with Gasteiger partial charge in [0.25, 0.3) is 0 Å². The van der Waals surface area contributed by atoms with E-state index in [9.17, 15) is 13.6 Å². The van der Waals surface area contributed by atoms with E-state index >= 15 is 0 Å². The van der Waals surface area contributed by atoms with Gasteiger partial charge in [0.1, 0.15) is 17.3 Å². The summed E-state index contributed by atoms with van der Waals surface area (Å²) in [5, 5.41) is 9.55. The SMILES string of the molecule is CCn1cc(-c2ccc(F)c(NC(=O)Nc3ccc(F)cc3)c2)c(-c2ccnc(N)n2)n1. The van der Waals surface area contributed by atoms with Gasteiger partial charge in [-0.3, -0.25) is 4.68 Å². The number of benzene rings is 2. The zero-order valence-electron chi connectivity index (χ0n) is 17.0. The molecule has 4 N–H and O–H groups in total. The van der Waals surface area contributed by atoms with Crippen molar-refractivity contribution in [1.29, 1.82) is 0 Å². The molecule has 0 radical (unpaired) electrons. The maximum absolute atomic E-state index is 14.4. The van der Waals surface area contributed by atoms with E-state index in [1.807, 2.05) is 13.1 Å². The second-order valence-electron chi connectivity index (χ2n) is 6.83. The third kappa shape index (κ3) is 4.53. The molecular weight excluding hydrogens is 416 g/mol. The van der Waals surface area contributed by atoms with Gasteiger partial charge in [-0.2, -0.15) is 5.10 Å². The molecule has 32 heavy (non-hydrogen) atoms. The molecule has 8 nitrogen and oxygen atoms in total. The molecule has 162 valence electrons. The fourth-order valence-electron chi connectivity index (χ4n) is 3.10. The lowest BCUT2D eigenvalue weighted by molar-refractivity contribution is 0.262. The van der Waals surface area contributed by atoms with Crippen molar-refractivity contribution >= 4 is 23.4 Å². The number of carbonyl (C=O) groups excluding carboxylic acids is 1. The molecular formula is C22H19F2N7O. The number of nitrogens with two attached hydrogens (primary N) is 1. The van der Waals surface area contributed by atoms with Gasteiger partial charge in [-0.05, 0) is 55.0 Å². The Kier molecular flexibility index (Phi) is 5.75. The smallest absolute Gasteiger partial charge is 0.323 e. The molecule has 0 saturated heterocycles. The second-order valence-corrected chi connectivity index (χ2v) is 6.83. The lowest BCUT2D eigenvalue weighted by atomic mass is 10.0. The summed E-state index contributed by atoms with van der Waals surface area (Å²) < 4.78 is 29.2. The Hall–Kier alpha value is -4.34. The first-order valence-corrected chi connectivity index (χ1v) is 9.73. The van der Waals surface area contributed by atoms with Crippen LogP contribution in [0.2, 0.25) is 0 Å². The lowest BCUT2D eigenvalue weighted by Crippen LogP contribution is -2.20. The number of aromatic nitrogens is 4. The average molecular weight is 435 g/mol. The van der Waals surface area contributed by atoms with Gasteiger partial charge in [-0.25, -0.2) is 23.5 Å². The highest BCUT2D eigenvalue weighted by atomic mass is 19.1. The molecule has 2 aromatic heterocycles. The largest absolute Gasteiger partial charge is 0.368 e. The molecule has 2 heterocycles. The summed E-state index contributed by atoms with van der Waals surface area (Å²) >= 11 is 0. The summed E-state index contributed by atoms with van der Waals surface area (Å²) in [4.78, 5) is 20.4. The van der Waals surface area contributed by atoms with Crippen LogP contribution in [0, 0.1) is 11.6 Å². The van der Waals surface area contributed by atoms with E-state index in [0.717, 1.165) is 0 Å². The van der Waals surface area contributed by atoms with Crippen LogP contribution in [0.25, 0.3) is 22.5 Å². The van der Waals surface area contributed by atoms with Crippen molar-refractivity contribution in [1.82, 2.24) is 19.7 Å². The van der Waals surface area contributed by atoms with Gasteiger partial charge < -0.3 is 16.4 Å². The monoisotopic (exact) mass is 435 g/mol. The van der Waals surface area contributed by atoms with E-state index in [1.54, 1.807) is 16.8 Å². The van der Waals surface area contributed by atoms with Crippen LogP contribution in [0.3, 0.4) is 0 Å². The summed E-state index contributed by atoms with van der Waals surface area (Å²) in [5.41, 5.74) is 8.43. The molecule has 0 unspecified atom stereocenters. The summed E-state index contributed by atoms with van der Waals surface area (Å²) in [6.45, 7) is 2.55. The standard InChI is InChI=1S/C22H19F2N7O/c1-2-31-12-16(20(30-31)18-9-10-26-21(25)28-18)13-3-8-17(24)19(11-13)29-22(32)27-15-6-4-14(23)5-7-15/h3-12H,2H2,1H3,(H2,25,26,28)(H2,27,29,32). The zero-order valence-corrected chi connectivity index (χ0v) is 17.0. The summed E-state index contributed by atoms with van der Waals surface area (Å²) in [5.74, 6) is -0.930. The van der Waals surface area contributed by atoms with E-state index in [0.29, 0.717) is 34.7 Å². The van der Waals surface area contributed by atoms with Crippen LogP contribution >= 0.6 is 0 Å². The predicted octanol–water partition coefficient (Wildman–Crippen LogP) is 4.53. The third-order valence-electron chi connectivity index (χ3n) is 4.63.